The Bertz CT molecular complexity index is 223. The van der Waals surface area contributed by atoms with Crippen LogP contribution in [0.5, 0.6) is 0 Å². The van der Waals surface area contributed by atoms with Gasteiger partial charge >= 0.3 is 0 Å². The topological polar surface area (TPSA) is 23.5 Å². The molecule has 0 amide bonds. The molecule has 14 heavy (non-hydrogen) atoms. The van der Waals surface area contributed by atoms with E-state index in [4.69, 9.17) is 5.11 Å². The van der Waals surface area contributed by atoms with Crippen LogP contribution in [0.3, 0.4) is 0 Å². The fourth-order valence-corrected chi connectivity index (χ4v) is 2.16. The maximum Gasteiger partial charge on any atom is 0.0558 e. The molecule has 0 bridgehead atoms. The highest BCUT2D eigenvalue weighted by Crippen LogP contribution is 2.11. The van der Waals surface area contributed by atoms with Crippen molar-refractivity contribution in [2.24, 2.45) is 0 Å². The molecular formula is C11H19NOS. The van der Waals surface area contributed by atoms with Crippen LogP contribution in [0.15, 0.2) is 17.5 Å². The first-order valence-corrected chi connectivity index (χ1v) is 6.10. The van der Waals surface area contributed by atoms with Gasteiger partial charge in [-0.1, -0.05) is 19.4 Å². The predicted molar refractivity (Wildman–Crippen MR) is 61.6 cm³/mol. The summed E-state index contributed by atoms with van der Waals surface area (Å²) in [5.74, 6) is 0. The average Bonchev–Trinajstić information content (AvgIpc) is 2.67. The Morgan fingerprint density at radius 1 is 1.43 bits per heavy atom. The van der Waals surface area contributed by atoms with E-state index >= 15 is 0 Å². The smallest absolute Gasteiger partial charge is 0.0558 e. The lowest BCUT2D eigenvalue weighted by Crippen LogP contribution is -2.27. The molecule has 0 unspecified atom stereocenters. The van der Waals surface area contributed by atoms with E-state index in [2.05, 4.69) is 29.3 Å². The quantitative estimate of drug-likeness (QED) is 0.751. The van der Waals surface area contributed by atoms with Gasteiger partial charge in [-0.3, -0.25) is 4.90 Å². The number of hydrogen-bond donors (Lipinski definition) is 1. The first kappa shape index (κ1) is 11.7. The largest absolute Gasteiger partial charge is 0.395 e. The summed E-state index contributed by atoms with van der Waals surface area (Å²) >= 11 is 1.79. The third kappa shape index (κ3) is 4.22. The van der Waals surface area contributed by atoms with Crippen LogP contribution in [-0.2, 0) is 6.54 Å². The van der Waals surface area contributed by atoms with Crippen molar-refractivity contribution in [3.05, 3.63) is 22.4 Å². The fraction of sp³-hybridized carbons (Fsp3) is 0.636. The molecule has 0 radical (unpaired) electrons. The third-order valence-electron chi connectivity index (χ3n) is 2.20. The molecule has 0 aromatic carbocycles. The van der Waals surface area contributed by atoms with E-state index in [1.807, 2.05) is 0 Å². The minimum absolute atomic E-state index is 0.259. The number of nitrogens with zero attached hydrogens (tertiary/aromatic N) is 1. The minimum atomic E-state index is 0.259. The zero-order valence-electron chi connectivity index (χ0n) is 8.78. The van der Waals surface area contributed by atoms with Gasteiger partial charge in [-0.05, 0) is 24.4 Å². The molecule has 0 saturated carbocycles. The molecule has 0 fully saturated rings. The van der Waals surface area contributed by atoms with Crippen LogP contribution in [0, 0.1) is 0 Å². The van der Waals surface area contributed by atoms with Crippen molar-refractivity contribution in [3.63, 3.8) is 0 Å². The van der Waals surface area contributed by atoms with E-state index in [0.717, 1.165) is 19.6 Å². The predicted octanol–water partition coefficient (Wildman–Crippen LogP) is 2.34. The highest BCUT2D eigenvalue weighted by molar-refractivity contribution is 7.09. The van der Waals surface area contributed by atoms with Gasteiger partial charge in [0.25, 0.3) is 0 Å². The van der Waals surface area contributed by atoms with Gasteiger partial charge in [0, 0.05) is 18.0 Å². The summed E-state index contributed by atoms with van der Waals surface area (Å²) in [6.45, 7) is 5.32. The zero-order valence-corrected chi connectivity index (χ0v) is 9.59. The molecule has 1 aromatic heterocycles. The van der Waals surface area contributed by atoms with Crippen LogP contribution in [0.4, 0.5) is 0 Å². The van der Waals surface area contributed by atoms with Gasteiger partial charge in [0.15, 0.2) is 0 Å². The number of hydrogen-bond acceptors (Lipinski definition) is 3. The van der Waals surface area contributed by atoms with Gasteiger partial charge in [-0.2, -0.15) is 0 Å². The molecule has 0 saturated heterocycles. The van der Waals surface area contributed by atoms with Gasteiger partial charge in [-0.25, -0.2) is 0 Å². The molecule has 0 spiro atoms. The number of aliphatic hydroxyl groups excluding tert-OH is 1. The maximum absolute atomic E-state index is 8.93. The molecule has 0 aliphatic heterocycles. The van der Waals surface area contributed by atoms with E-state index in [1.54, 1.807) is 11.3 Å². The van der Waals surface area contributed by atoms with E-state index < -0.39 is 0 Å². The molecule has 3 heteroatoms. The van der Waals surface area contributed by atoms with Crippen molar-refractivity contribution in [3.8, 4) is 0 Å². The Morgan fingerprint density at radius 3 is 2.86 bits per heavy atom. The summed E-state index contributed by atoms with van der Waals surface area (Å²) in [6, 6.07) is 4.23. The summed E-state index contributed by atoms with van der Waals surface area (Å²) in [5.41, 5.74) is 0. The van der Waals surface area contributed by atoms with E-state index in [9.17, 15) is 0 Å². The Kier molecular flexibility index (Phi) is 5.83. The van der Waals surface area contributed by atoms with E-state index in [-0.39, 0.29) is 6.61 Å². The van der Waals surface area contributed by atoms with E-state index in [1.165, 1.54) is 17.7 Å². The number of aliphatic hydroxyl groups is 1. The molecule has 0 atom stereocenters. The minimum Gasteiger partial charge on any atom is -0.395 e. The zero-order chi connectivity index (χ0) is 10.2. The Morgan fingerprint density at radius 2 is 2.29 bits per heavy atom. The Balaban J connectivity index is 2.34. The lowest BCUT2D eigenvalue weighted by Gasteiger charge is -2.19. The number of unbranched alkanes of at least 4 members (excludes halogenated alkanes) is 1. The second-order valence-electron chi connectivity index (χ2n) is 3.43. The molecule has 80 valence electrons. The summed E-state index contributed by atoms with van der Waals surface area (Å²) < 4.78 is 0. The van der Waals surface area contributed by atoms with Crippen LogP contribution in [-0.4, -0.2) is 29.7 Å². The van der Waals surface area contributed by atoms with Gasteiger partial charge in [0.05, 0.1) is 6.61 Å². The number of thiophene rings is 1. The normalized spacial score (nSPS) is 11.1. The van der Waals surface area contributed by atoms with Crippen LogP contribution in [0.25, 0.3) is 0 Å². The van der Waals surface area contributed by atoms with Gasteiger partial charge < -0.3 is 5.11 Å². The molecular weight excluding hydrogens is 194 g/mol. The first-order valence-electron chi connectivity index (χ1n) is 5.22. The monoisotopic (exact) mass is 213 g/mol. The average molecular weight is 213 g/mol. The van der Waals surface area contributed by atoms with Crippen molar-refractivity contribution in [1.82, 2.24) is 4.90 Å². The second-order valence-corrected chi connectivity index (χ2v) is 4.46. The SMILES string of the molecule is CCCCN(CCO)Cc1cccs1. The number of rotatable bonds is 7. The van der Waals surface area contributed by atoms with Gasteiger partial charge in [0.1, 0.15) is 0 Å². The molecule has 0 aliphatic carbocycles. The van der Waals surface area contributed by atoms with Gasteiger partial charge in [0.2, 0.25) is 0 Å². The first-order chi connectivity index (χ1) is 6.86. The molecule has 1 N–H and O–H groups in total. The van der Waals surface area contributed by atoms with Crippen LogP contribution < -0.4 is 0 Å². The third-order valence-corrected chi connectivity index (χ3v) is 3.06. The van der Waals surface area contributed by atoms with Crippen LogP contribution in [0.2, 0.25) is 0 Å². The standard InChI is InChI=1S/C11H19NOS/c1-2-3-6-12(7-8-13)10-11-5-4-9-14-11/h4-5,9,13H,2-3,6-8,10H2,1H3. The molecule has 1 rings (SSSR count). The second kappa shape index (κ2) is 6.98. The van der Waals surface area contributed by atoms with Crippen LogP contribution in [0.1, 0.15) is 24.6 Å². The molecule has 2 nitrogen and oxygen atoms in total. The lowest BCUT2D eigenvalue weighted by atomic mass is 10.3. The highest BCUT2D eigenvalue weighted by Gasteiger charge is 2.04. The van der Waals surface area contributed by atoms with E-state index in [0.29, 0.717) is 0 Å². The maximum atomic E-state index is 8.93. The van der Waals surface area contributed by atoms with Crippen molar-refractivity contribution < 1.29 is 5.11 Å². The molecule has 1 heterocycles. The lowest BCUT2D eigenvalue weighted by molar-refractivity contribution is 0.189. The summed E-state index contributed by atoms with van der Waals surface area (Å²) in [7, 11) is 0. The molecule has 1 aromatic rings. The molecule has 0 aliphatic rings. The van der Waals surface area contributed by atoms with Crippen molar-refractivity contribution in [2.75, 3.05) is 19.7 Å². The summed E-state index contributed by atoms with van der Waals surface area (Å²) in [4.78, 5) is 3.70. The van der Waals surface area contributed by atoms with Crippen LogP contribution >= 0.6 is 11.3 Å². The highest BCUT2D eigenvalue weighted by atomic mass is 32.1. The Labute approximate surface area is 90.2 Å². The summed E-state index contributed by atoms with van der Waals surface area (Å²) in [5, 5.41) is 11.0. The summed E-state index contributed by atoms with van der Waals surface area (Å²) in [6.07, 6.45) is 2.43. The fourth-order valence-electron chi connectivity index (χ4n) is 1.42. The van der Waals surface area contributed by atoms with Crippen molar-refractivity contribution in [1.29, 1.82) is 0 Å². The van der Waals surface area contributed by atoms with Crippen molar-refractivity contribution in [2.45, 2.75) is 26.3 Å². The Hall–Kier alpha value is -0.380. The van der Waals surface area contributed by atoms with Gasteiger partial charge in [-0.15, -0.1) is 11.3 Å². The van der Waals surface area contributed by atoms with Crippen molar-refractivity contribution >= 4 is 11.3 Å².